The minimum atomic E-state index is -0.325. The zero-order valence-electron chi connectivity index (χ0n) is 14.6. The highest BCUT2D eigenvalue weighted by atomic mass is 32.1. The number of carbonyl (C=O) groups is 1. The number of hydrogen-bond acceptors (Lipinski definition) is 6. The van der Waals surface area contributed by atoms with Crippen LogP contribution in [0.3, 0.4) is 0 Å². The van der Waals surface area contributed by atoms with Crippen LogP contribution in [0.15, 0.2) is 34.4 Å². The van der Waals surface area contributed by atoms with Gasteiger partial charge in [-0.05, 0) is 17.4 Å². The van der Waals surface area contributed by atoms with Crippen LogP contribution in [0.25, 0.3) is 16.5 Å². The number of methoxy groups -OCH3 is 1. The van der Waals surface area contributed by atoms with Crippen molar-refractivity contribution in [1.82, 2.24) is 19.7 Å². The molecule has 2 N–H and O–H groups in total. The van der Waals surface area contributed by atoms with Crippen molar-refractivity contribution >= 4 is 23.1 Å². The molecule has 8 nitrogen and oxygen atoms in total. The SMILES string of the molecule is COCC(=O)Nc1cc(-c2cccs2)nn1-c1nc(C(C)C)cc(=O)[nH]1. The molecule has 0 saturated carbocycles. The summed E-state index contributed by atoms with van der Waals surface area (Å²) in [4.78, 5) is 32.1. The molecule has 0 saturated heterocycles. The second-order valence-corrected chi connectivity index (χ2v) is 6.88. The highest BCUT2D eigenvalue weighted by Crippen LogP contribution is 2.27. The summed E-state index contributed by atoms with van der Waals surface area (Å²) in [5.74, 6) is 0.403. The van der Waals surface area contributed by atoms with E-state index in [4.69, 9.17) is 4.74 Å². The lowest BCUT2D eigenvalue weighted by Gasteiger charge is -2.10. The number of rotatable bonds is 6. The lowest BCUT2D eigenvalue weighted by molar-refractivity contribution is -0.119. The van der Waals surface area contributed by atoms with Crippen molar-refractivity contribution in [3.63, 3.8) is 0 Å². The van der Waals surface area contributed by atoms with E-state index in [1.807, 2.05) is 31.4 Å². The number of nitrogens with zero attached hydrogens (tertiary/aromatic N) is 3. The van der Waals surface area contributed by atoms with Crippen LogP contribution in [0.5, 0.6) is 0 Å². The topological polar surface area (TPSA) is 102 Å². The maximum absolute atomic E-state index is 12.0. The van der Waals surface area contributed by atoms with Gasteiger partial charge in [0.25, 0.3) is 11.5 Å². The summed E-state index contributed by atoms with van der Waals surface area (Å²) in [6, 6.07) is 7.04. The van der Waals surface area contributed by atoms with Crippen molar-refractivity contribution in [3.05, 3.63) is 45.7 Å². The summed E-state index contributed by atoms with van der Waals surface area (Å²) in [7, 11) is 1.44. The highest BCUT2D eigenvalue weighted by Gasteiger charge is 2.17. The molecule has 0 aliphatic rings. The third-order valence-corrected chi connectivity index (χ3v) is 4.46. The first-order chi connectivity index (χ1) is 12.5. The molecule has 0 spiro atoms. The van der Waals surface area contributed by atoms with Gasteiger partial charge in [-0.3, -0.25) is 14.6 Å². The Morgan fingerprint density at radius 2 is 2.23 bits per heavy atom. The van der Waals surface area contributed by atoms with Gasteiger partial charge in [0, 0.05) is 19.2 Å². The minimum absolute atomic E-state index is 0.0786. The maximum atomic E-state index is 12.0. The summed E-state index contributed by atoms with van der Waals surface area (Å²) < 4.78 is 6.28. The van der Waals surface area contributed by atoms with Gasteiger partial charge in [0.15, 0.2) is 0 Å². The molecule has 3 aromatic rings. The number of H-pyrrole nitrogens is 1. The quantitative estimate of drug-likeness (QED) is 0.691. The standard InChI is InChI=1S/C17H19N5O3S/c1-10(2)11-8-15(23)20-17(18-11)22-14(19-16(24)9-25-3)7-12(21-22)13-5-4-6-26-13/h4-8,10H,9H2,1-3H3,(H,19,24)(H,18,20,23). The normalized spacial score (nSPS) is 11.1. The Labute approximate surface area is 153 Å². The third-order valence-electron chi connectivity index (χ3n) is 3.57. The van der Waals surface area contributed by atoms with Gasteiger partial charge in [-0.25, -0.2) is 4.98 Å². The second-order valence-electron chi connectivity index (χ2n) is 5.93. The van der Waals surface area contributed by atoms with Crippen LogP contribution in [0.4, 0.5) is 5.82 Å². The lowest BCUT2D eigenvalue weighted by Crippen LogP contribution is -2.21. The molecule has 136 valence electrons. The van der Waals surface area contributed by atoms with Crippen LogP contribution in [0.2, 0.25) is 0 Å². The van der Waals surface area contributed by atoms with E-state index < -0.39 is 0 Å². The number of carbonyl (C=O) groups excluding carboxylic acids is 1. The van der Waals surface area contributed by atoms with Crippen molar-refractivity contribution in [2.75, 3.05) is 19.0 Å². The Morgan fingerprint density at radius 3 is 2.88 bits per heavy atom. The lowest BCUT2D eigenvalue weighted by atomic mass is 10.1. The first kappa shape index (κ1) is 18.0. The number of anilines is 1. The Hall–Kier alpha value is -2.78. The molecule has 0 radical (unpaired) electrons. The average Bonchev–Trinajstić information content (AvgIpc) is 3.23. The Morgan fingerprint density at radius 1 is 1.42 bits per heavy atom. The molecule has 0 unspecified atom stereocenters. The number of aromatic nitrogens is 4. The molecule has 0 bridgehead atoms. The van der Waals surface area contributed by atoms with Crippen molar-refractivity contribution in [1.29, 1.82) is 0 Å². The summed E-state index contributed by atoms with van der Waals surface area (Å²) >= 11 is 1.53. The van der Waals surface area contributed by atoms with Crippen LogP contribution in [-0.2, 0) is 9.53 Å². The monoisotopic (exact) mass is 373 g/mol. The van der Waals surface area contributed by atoms with Gasteiger partial charge in [0.2, 0.25) is 5.95 Å². The van der Waals surface area contributed by atoms with Gasteiger partial charge in [0.1, 0.15) is 18.1 Å². The largest absolute Gasteiger partial charge is 0.375 e. The summed E-state index contributed by atoms with van der Waals surface area (Å²) in [5.41, 5.74) is 1.04. The molecule has 3 heterocycles. The zero-order valence-corrected chi connectivity index (χ0v) is 15.5. The molecule has 26 heavy (non-hydrogen) atoms. The van der Waals surface area contributed by atoms with Crippen molar-refractivity contribution in [3.8, 4) is 16.5 Å². The van der Waals surface area contributed by atoms with Crippen LogP contribution in [0, 0.1) is 0 Å². The van der Waals surface area contributed by atoms with Crippen LogP contribution in [-0.4, -0.2) is 39.4 Å². The molecule has 1 amide bonds. The molecule has 0 fully saturated rings. The van der Waals surface area contributed by atoms with E-state index >= 15 is 0 Å². The number of hydrogen-bond donors (Lipinski definition) is 2. The van der Waals surface area contributed by atoms with E-state index in [1.54, 1.807) is 6.07 Å². The fraction of sp³-hybridized carbons (Fsp3) is 0.294. The predicted octanol–water partition coefficient (Wildman–Crippen LogP) is 2.39. The average molecular weight is 373 g/mol. The van der Waals surface area contributed by atoms with Crippen molar-refractivity contribution in [2.45, 2.75) is 19.8 Å². The second kappa shape index (κ2) is 7.63. The number of amides is 1. The van der Waals surface area contributed by atoms with Gasteiger partial charge in [-0.1, -0.05) is 19.9 Å². The smallest absolute Gasteiger partial charge is 0.252 e. The van der Waals surface area contributed by atoms with Crippen LogP contribution < -0.4 is 10.9 Å². The van der Waals surface area contributed by atoms with Crippen molar-refractivity contribution < 1.29 is 9.53 Å². The summed E-state index contributed by atoms with van der Waals surface area (Å²) in [6.07, 6.45) is 0. The molecular formula is C17H19N5O3S. The van der Waals surface area contributed by atoms with Gasteiger partial charge in [-0.15, -0.1) is 11.3 Å². The fourth-order valence-electron chi connectivity index (χ4n) is 2.35. The number of ether oxygens (including phenoxy) is 1. The van der Waals surface area contributed by atoms with Crippen LogP contribution in [0.1, 0.15) is 25.5 Å². The Kier molecular flexibility index (Phi) is 5.29. The molecule has 0 aliphatic heterocycles. The van der Waals surface area contributed by atoms with Gasteiger partial charge >= 0.3 is 0 Å². The van der Waals surface area contributed by atoms with E-state index in [2.05, 4.69) is 20.4 Å². The predicted molar refractivity (Wildman–Crippen MR) is 99.9 cm³/mol. The minimum Gasteiger partial charge on any atom is -0.375 e. The summed E-state index contributed by atoms with van der Waals surface area (Å²) in [5, 5.41) is 9.20. The maximum Gasteiger partial charge on any atom is 0.252 e. The molecule has 3 rings (SSSR count). The highest BCUT2D eigenvalue weighted by molar-refractivity contribution is 7.13. The van der Waals surface area contributed by atoms with E-state index in [0.717, 1.165) is 4.88 Å². The first-order valence-corrected chi connectivity index (χ1v) is 8.90. The van der Waals surface area contributed by atoms with E-state index in [1.165, 1.54) is 29.2 Å². The Balaban J connectivity index is 2.10. The first-order valence-electron chi connectivity index (χ1n) is 8.02. The van der Waals surface area contributed by atoms with E-state index in [0.29, 0.717) is 17.2 Å². The third kappa shape index (κ3) is 3.89. The van der Waals surface area contributed by atoms with E-state index in [-0.39, 0.29) is 29.9 Å². The number of nitrogens with one attached hydrogen (secondary N) is 2. The molecule has 0 atom stereocenters. The Bertz CT molecular complexity index is 959. The molecule has 0 aliphatic carbocycles. The summed E-state index contributed by atoms with van der Waals surface area (Å²) in [6.45, 7) is 3.81. The molecular weight excluding hydrogens is 354 g/mol. The van der Waals surface area contributed by atoms with Crippen LogP contribution >= 0.6 is 11.3 Å². The number of aromatic amines is 1. The zero-order chi connectivity index (χ0) is 18.7. The van der Waals surface area contributed by atoms with E-state index in [9.17, 15) is 9.59 Å². The number of thiophene rings is 1. The molecule has 3 aromatic heterocycles. The van der Waals surface area contributed by atoms with Crippen molar-refractivity contribution in [2.24, 2.45) is 0 Å². The van der Waals surface area contributed by atoms with Gasteiger partial charge in [-0.2, -0.15) is 9.78 Å². The molecule has 9 heteroatoms. The fourth-order valence-corrected chi connectivity index (χ4v) is 3.03. The molecule has 0 aromatic carbocycles. The van der Waals surface area contributed by atoms with Gasteiger partial charge in [0.05, 0.1) is 10.6 Å². The van der Waals surface area contributed by atoms with Gasteiger partial charge < -0.3 is 10.1 Å².